The van der Waals surface area contributed by atoms with Crippen LogP contribution in [0.5, 0.6) is 0 Å². The third-order valence-corrected chi connectivity index (χ3v) is 3.17. The number of aryl methyl sites for hydroxylation is 2. The second kappa shape index (κ2) is 4.40. The molecule has 2 rings (SSSR count). The van der Waals surface area contributed by atoms with E-state index >= 15 is 0 Å². The molecule has 86 valence electrons. The third-order valence-electron chi connectivity index (χ3n) is 3.17. The van der Waals surface area contributed by atoms with Crippen molar-refractivity contribution in [3.63, 3.8) is 0 Å². The summed E-state index contributed by atoms with van der Waals surface area (Å²) in [5.74, 6) is 0. The van der Waals surface area contributed by atoms with Gasteiger partial charge in [0, 0.05) is 6.04 Å². The van der Waals surface area contributed by atoms with Crippen molar-refractivity contribution < 1.29 is 4.74 Å². The zero-order valence-corrected chi connectivity index (χ0v) is 9.99. The SMILES string of the molecule is C=CCO[C@@H]1C[C@H](N)c2cc(C)cc(C)c21. The van der Waals surface area contributed by atoms with Crippen LogP contribution in [0.2, 0.25) is 0 Å². The minimum atomic E-state index is 0.114. The zero-order valence-electron chi connectivity index (χ0n) is 9.99. The molecule has 2 heteroatoms. The summed E-state index contributed by atoms with van der Waals surface area (Å²) in [6, 6.07) is 4.49. The summed E-state index contributed by atoms with van der Waals surface area (Å²) in [5, 5.41) is 0. The molecule has 2 nitrogen and oxygen atoms in total. The second-order valence-corrected chi connectivity index (χ2v) is 4.54. The first-order valence-electron chi connectivity index (χ1n) is 5.72. The van der Waals surface area contributed by atoms with Crippen LogP contribution in [-0.4, -0.2) is 6.61 Å². The highest BCUT2D eigenvalue weighted by atomic mass is 16.5. The predicted octanol–water partition coefficient (Wildman–Crippen LogP) is 2.95. The van der Waals surface area contributed by atoms with Crippen LogP contribution in [0.25, 0.3) is 0 Å². The van der Waals surface area contributed by atoms with Gasteiger partial charge < -0.3 is 10.5 Å². The van der Waals surface area contributed by atoms with Gasteiger partial charge in [-0.3, -0.25) is 0 Å². The van der Waals surface area contributed by atoms with Crippen molar-refractivity contribution in [2.75, 3.05) is 6.61 Å². The lowest BCUT2D eigenvalue weighted by molar-refractivity contribution is 0.0718. The van der Waals surface area contributed by atoms with Crippen LogP contribution in [-0.2, 0) is 4.74 Å². The number of rotatable bonds is 3. The van der Waals surface area contributed by atoms with Gasteiger partial charge in [0.1, 0.15) is 0 Å². The van der Waals surface area contributed by atoms with Crippen LogP contribution in [0, 0.1) is 13.8 Å². The molecule has 0 saturated carbocycles. The van der Waals surface area contributed by atoms with E-state index in [9.17, 15) is 0 Å². The molecule has 2 N–H and O–H groups in total. The van der Waals surface area contributed by atoms with Crippen LogP contribution in [0.15, 0.2) is 24.8 Å². The van der Waals surface area contributed by atoms with E-state index in [1.165, 1.54) is 22.3 Å². The average molecular weight is 217 g/mol. The van der Waals surface area contributed by atoms with Gasteiger partial charge >= 0.3 is 0 Å². The van der Waals surface area contributed by atoms with Crippen molar-refractivity contribution in [1.82, 2.24) is 0 Å². The van der Waals surface area contributed by atoms with E-state index in [4.69, 9.17) is 10.5 Å². The molecule has 0 saturated heterocycles. The Morgan fingerprint density at radius 1 is 1.50 bits per heavy atom. The smallest absolute Gasteiger partial charge is 0.0853 e. The van der Waals surface area contributed by atoms with Gasteiger partial charge in [-0.05, 0) is 37.0 Å². The summed E-state index contributed by atoms with van der Waals surface area (Å²) in [6.45, 7) is 8.51. The fourth-order valence-electron chi connectivity index (χ4n) is 2.57. The Morgan fingerprint density at radius 2 is 2.25 bits per heavy atom. The van der Waals surface area contributed by atoms with E-state index in [1.54, 1.807) is 6.08 Å². The largest absolute Gasteiger partial charge is 0.369 e. The molecule has 1 aliphatic carbocycles. The van der Waals surface area contributed by atoms with E-state index in [-0.39, 0.29) is 12.1 Å². The first-order chi connectivity index (χ1) is 7.63. The molecular weight excluding hydrogens is 198 g/mol. The van der Waals surface area contributed by atoms with Crippen LogP contribution in [0.3, 0.4) is 0 Å². The van der Waals surface area contributed by atoms with Crippen LogP contribution >= 0.6 is 0 Å². The molecular formula is C14H19NO. The summed E-state index contributed by atoms with van der Waals surface area (Å²) >= 11 is 0. The van der Waals surface area contributed by atoms with Gasteiger partial charge in [0.15, 0.2) is 0 Å². The molecule has 0 unspecified atom stereocenters. The number of nitrogens with two attached hydrogens (primary N) is 1. The fourth-order valence-corrected chi connectivity index (χ4v) is 2.57. The lowest BCUT2D eigenvalue weighted by Gasteiger charge is -2.14. The van der Waals surface area contributed by atoms with E-state index < -0.39 is 0 Å². The van der Waals surface area contributed by atoms with Crippen LogP contribution < -0.4 is 5.73 Å². The molecule has 0 aliphatic heterocycles. The Morgan fingerprint density at radius 3 is 2.94 bits per heavy atom. The van der Waals surface area contributed by atoms with E-state index in [1.807, 2.05) is 0 Å². The van der Waals surface area contributed by atoms with Gasteiger partial charge in [-0.25, -0.2) is 0 Å². The zero-order chi connectivity index (χ0) is 11.7. The number of benzene rings is 1. The molecule has 1 aromatic carbocycles. The molecule has 0 aromatic heterocycles. The van der Waals surface area contributed by atoms with Gasteiger partial charge in [-0.1, -0.05) is 23.8 Å². The minimum Gasteiger partial charge on any atom is -0.369 e. The molecule has 0 spiro atoms. The number of ether oxygens (including phenoxy) is 1. The van der Waals surface area contributed by atoms with Crippen molar-refractivity contribution in [3.8, 4) is 0 Å². The monoisotopic (exact) mass is 217 g/mol. The Labute approximate surface area is 97.1 Å². The molecule has 0 bridgehead atoms. The lowest BCUT2D eigenvalue weighted by Crippen LogP contribution is -2.06. The molecule has 1 aromatic rings. The maximum atomic E-state index is 6.14. The number of hydrogen-bond donors (Lipinski definition) is 1. The molecule has 1 aliphatic rings. The molecule has 16 heavy (non-hydrogen) atoms. The fraction of sp³-hybridized carbons (Fsp3) is 0.429. The van der Waals surface area contributed by atoms with E-state index in [0.717, 1.165) is 6.42 Å². The topological polar surface area (TPSA) is 35.2 Å². The van der Waals surface area contributed by atoms with Crippen molar-refractivity contribution in [3.05, 3.63) is 47.0 Å². The molecule has 0 heterocycles. The van der Waals surface area contributed by atoms with Crippen molar-refractivity contribution in [2.45, 2.75) is 32.4 Å². The minimum absolute atomic E-state index is 0.114. The third kappa shape index (κ3) is 1.91. The van der Waals surface area contributed by atoms with Gasteiger partial charge in [0.05, 0.1) is 12.7 Å². The summed E-state index contributed by atoms with van der Waals surface area (Å²) in [6.07, 6.45) is 2.81. The van der Waals surface area contributed by atoms with Gasteiger partial charge in [-0.15, -0.1) is 6.58 Å². The molecule has 2 atom stereocenters. The van der Waals surface area contributed by atoms with Gasteiger partial charge in [0.25, 0.3) is 0 Å². The standard InChI is InChI=1S/C14H19NO/c1-4-5-16-13-8-12(15)11-7-9(2)6-10(3)14(11)13/h4,6-7,12-13H,1,5,8,15H2,2-3H3/t12-,13+/m0/s1. The van der Waals surface area contributed by atoms with Crippen molar-refractivity contribution in [1.29, 1.82) is 0 Å². The normalized spacial score (nSPS) is 23.2. The van der Waals surface area contributed by atoms with Crippen LogP contribution in [0.4, 0.5) is 0 Å². The highest BCUT2D eigenvalue weighted by Gasteiger charge is 2.30. The second-order valence-electron chi connectivity index (χ2n) is 4.54. The summed E-state index contributed by atoms with van der Waals surface area (Å²) in [7, 11) is 0. The Balaban J connectivity index is 2.36. The first-order valence-corrected chi connectivity index (χ1v) is 5.72. The van der Waals surface area contributed by atoms with Crippen molar-refractivity contribution >= 4 is 0 Å². The summed E-state index contributed by atoms with van der Waals surface area (Å²) < 4.78 is 5.77. The first kappa shape index (κ1) is 11.4. The maximum Gasteiger partial charge on any atom is 0.0853 e. The summed E-state index contributed by atoms with van der Waals surface area (Å²) in [4.78, 5) is 0. The highest BCUT2D eigenvalue weighted by molar-refractivity contribution is 5.44. The number of hydrogen-bond acceptors (Lipinski definition) is 2. The van der Waals surface area contributed by atoms with Gasteiger partial charge in [-0.2, -0.15) is 0 Å². The highest BCUT2D eigenvalue weighted by Crippen LogP contribution is 2.41. The molecule has 0 radical (unpaired) electrons. The maximum absolute atomic E-state index is 6.14. The Bertz CT molecular complexity index is 411. The van der Waals surface area contributed by atoms with Crippen LogP contribution in [0.1, 0.15) is 40.8 Å². The quantitative estimate of drug-likeness (QED) is 0.790. The van der Waals surface area contributed by atoms with Crippen molar-refractivity contribution in [2.24, 2.45) is 5.73 Å². The lowest BCUT2D eigenvalue weighted by atomic mass is 9.99. The van der Waals surface area contributed by atoms with E-state index in [2.05, 4.69) is 32.6 Å². The number of fused-ring (bicyclic) bond motifs is 1. The molecule has 0 fully saturated rings. The summed E-state index contributed by atoms with van der Waals surface area (Å²) in [5.41, 5.74) is 11.3. The Hall–Kier alpha value is -1.12. The Kier molecular flexibility index (Phi) is 3.13. The van der Waals surface area contributed by atoms with Gasteiger partial charge in [0.2, 0.25) is 0 Å². The average Bonchev–Trinajstić information content (AvgIpc) is 2.53. The van der Waals surface area contributed by atoms with E-state index in [0.29, 0.717) is 6.61 Å². The predicted molar refractivity (Wildman–Crippen MR) is 66.4 cm³/mol. The molecule has 0 amide bonds.